The highest BCUT2D eigenvalue weighted by Gasteiger charge is 2.22. The molecule has 162 valence electrons. The van der Waals surface area contributed by atoms with E-state index in [-0.39, 0.29) is 18.1 Å². The Hall–Kier alpha value is -3.57. The fourth-order valence-electron chi connectivity index (χ4n) is 3.48. The van der Waals surface area contributed by atoms with E-state index in [2.05, 4.69) is 0 Å². The molecule has 0 bridgehead atoms. The van der Waals surface area contributed by atoms with Crippen LogP contribution in [-0.2, 0) is 4.79 Å². The average molecular weight is 449 g/mol. The fraction of sp³-hybridized carbons (Fsp3) is 0.154. The third kappa shape index (κ3) is 4.53. The Bertz CT molecular complexity index is 1350. The second kappa shape index (κ2) is 8.89. The second-order valence-electron chi connectivity index (χ2n) is 7.63. The molecule has 32 heavy (non-hydrogen) atoms. The fourth-order valence-corrected chi connectivity index (χ4v) is 3.60. The summed E-state index contributed by atoms with van der Waals surface area (Å²) in [6.07, 6.45) is 0. The van der Waals surface area contributed by atoms with Crippen LogP contribution in [0.4, 0.5) is 0 Å². The van der Waals surface area contributed by atoms with Crippen molar-refractivity contribution in [2.24, 2.45) is 0 Å². The smallest absolute Gasteiger partial charge is 0.349 e. The lowest BCUT2D eigenvalue weighted by Crippen LogP contribution is -2.22. The first-order valence-corrected chi connectivity index (χ1v) is 10.4. The van der Waals surface area contributed by atoms with Crippen LogP contribution < -0.4 is 14.9 Å². The van der Waals surface area contributed by atoms with Gasteiger partial charge in [0.05, 0.1) is 5.39 Å². The maximum Gasteiger partial charge on any atom is 0.349 e. The van der Waals surface area contributed by atoms with Gasteiger partial charge in [0.15, 0.2) is 12.4 Å². The Balaban J connectivity index is 1.74. The topological polar surface area (TPSA) is 65.7 Å². The lowest BCUT2D eigenvalue weighted by Gasteiger charge is -2.13. The Morgan fingerprint density at radius 3 is 2.31 bits per heavy atom. The molecule has 0 aliphatic carbocycles. The summed E-state index contributed by atoms with van der Waals surface area (Å²) in [5.74, 6) is -0.211. The van der Waals surface area contributed by atoms with E-state index in [4.69, 9.17) is 25.5 Å². The van der Waals surface area contributed by atoms with Crippen LogP contribution in [0.25, 0.3) is 22.3 Å². The number of aryl methyl sites for hydroxylation is 3. The Kier molecular flexibility index (Phi) is 6.01. The van der Waals surface area contributed by atoms with Gasteiger partial charge >= 0.3 is 5.97 Å². The predicted octanol–water partition coefficient (Wildman–Crippen LogP) is 6.02. The highest BCUT2D eigenvalue weighted by molar-refractivity contribution is 6.30. The molecular formula is C26H21ClO5. The van der Waals surface area contributed by atoms with E-state index in [1.165, 1.54) is 0 Å². The molecule has 5 nitrogen and oxygen atoms in total. The summed E-state index contributed by atoms with van der Waals surface area (Å²) in [6, 6.07) is 17.7. The summed E-state index contributed by atoms with van der Waals surface area (Å²) >= 11 is 5.86. The number of carbonyl (C=O) groups is 1. The summed E-state index contributed by atoms with van der Waals surface area (Å²) < 4.78 is 17.1. The van der Waals surface area contributed by atoms with Crippen molar-refractivity contribution in [2.45, 2.75) is 20.8 Å². The normalized spacial score (nSPS) is 10.9. The molecule has 0 aliphatic heterocycles. The maximum atomic E-state index is 13.4. The van der Waals surface area contributed by atoms with Crippen LogP contribution in [0.5, 0.6) is 11.5 Å². The lowest BCUT2D eigenvalue weighted by molar-refractivity contribution is -0.136. The zero-order valence-electron chi connectivity index (χ0n) is 17.9. The predicted molar refractivity (Wildman–Crippen MR) is 125 cm³/mol. The minimum absolute atomic E-state index is 0.155. The van der Waals surface area contributed by atoms with Gasteiger partial charge in [0.2, 0.25) is 11.2 Å². The number of esters is 1. The number of rotatable bonds is 5. The van der Waals surface area contributed by atoms with Crippen LogP contribution in [0.2, 0.25) is 5.02 Å². The van der Waals surface area contributed by atoms with E-state index in [0.29, 0.717) is 27.3 Å². The number of ether oxygens (including phenoxy) is 2. The van der Waals surface area contributed by atoms with Gasteiger partial charge in [-0.1, -0.05) is 47.5 Å². The van der Waals surface area contributed by atoms with E-state index < -0.39 is 11.4 Å². The van der Waals surface area contributed by atoms with Crippen molar-refractivity contribution in [3.8, 4) is 22.8 Å². The number of carbonyl (C=O) groups excluding carboxylic acids is 1. The molecule has 6 heteroatoms. The van der Waals surface area contributed by atoms with E-state index in [1.807, 2.05) is 51.1 Å². The second-order valence-corrected chi connectivity index (χ2v) is 8.06. The molecule has 0 fully saturated rings. The van der Waals surface area contributed by atoms with Gasteiger partial charge in [0.1, 0.15) is 11.3 Å². The minimum atomic E-state index is -0.718. The van der Waals surface area contributed by atoms with Crippen molar-refractivity contribution in [3.05, 3.63) is 92.6 Å². The highest BCUT2D eigenvalue weighted by atomic mass is 35.5. The van der Waals surface area contributed by atoms with Crippen molar-refractivity contribution < 1.29 is 18.7 Å². The number of halogens is 1. The number of hydrogen-bond donors (Lipinski definition) is 0. The van der Waals surface area contributed by atoms with Gasteiger partial charge in [-0.3, -0.25) is 4.79 Å². The third-order valence-corrected chi connectivity index (χ3v) is 5.25. The highest BCUT2D eigenvalue weighted by Crippen LogP contribution is 2.32. The third-order valence-electron chi connectivity index (χ3n) is 5.00. The molecule has 1 aromatic heterocycles. The summed E-state index contributed by atoms with van der Waals surface area (Å²) in [5, 5.41) is 0.940. The number of fused-ring (bicyclic) bond motifs is 1. The molecule has 0 radical (unpaired) electrons. The molecule has 0 amide bonds. The minimum Gasteiger partial charge on any atom is -0.482 e. The molecule has 0 spiro atoms. The monoisotopic (exact) mass is 448 g/mol. The lowest BCUT2D eigenvalue weighted by atomic mass is 10.0. The van der Waals surface area contributed by atoms with Gasteiger partial charge in [-0.05, 0) is 62.2 Å². The molecule has 0 saturated carbocycles. The molecule has 4 aromatic rings. The summed E-state index contributed by atoms with van der Waals surface area (Å²) in [4.78, 5) is 25.9. The van der Waals surface area contributed by atoms with Crippen LogP contribution in [0.15, 0.2) is 69.9 Å². The standard InChI is InChI=1S/C26H21ClO5/c1-15-4-6-18(7-5-15)25-26(24(29)23-17(3)12-16(2)13-21(23)31-25)32-22(28)14-30-20-10-8-19(27)9-11-20/h4-13H,14H2,1-3H3. The molecule has 0 atom stereocenters. The number of benzene rings is 3. The van der Waals surface area contributed by atoms with Crippen LogP contribution >= 0.6 is 11.6 Å². The Morgan fingerprint density at radius 1 is 0.938 bits per heavy atom. The van der Waals surface area contributed by atoms with Crippen molar-refractivity contribution in [3.63, 3.8) is 0 Å². The largest absolute Gasteiger partial charge is 0.482 e. The molecule has 0 aliphatic rings. The van der Waals surface area contributed by atoms with Gasteiger partial charge in [0.25, 0.3) is 0 Å². The summed E-state index contributed by atoms with van der Waals surface area (Å²) in [6.45, 7) is 5.34. The van der Waals surface area contributed by atoms with Crippen LogP contribution in [0, 0.1) is 20.8 Å². The van der Waals surface area contributed by atoms with E-state index >= 15 is 0 Å². The van der Waals surface area contributed by atoms with Gasteiger partial charge < -0.3 is 13.9 Å². The average Bonchev–Trinajstić information content (AvgIpc) is 2.75. The summed E-state index contributed by atoms with van der Waals surface area (Å²) in [5.41, 5.74) is 3.45. The quantitative estimate of drug-likeness (QED) is 0.349. The van der Waals surface area contributed by atoms with Crippen LogP contribution in [-0.4, -0.2) is 12.6 Å². The van der Waals surface area contributed by atoms with Crippen molar-refractivity contribution in [2.75, 3.05) is 6.61 Å². The first-order valence-electron chi connectivity index (χ1n) is 10.1. The zero-order chi connectivity index (χ0) is 22.8. The van der Waals surface area contributed by atoms with Crippen LogP contribution in [0.1, 0.15) is 16.7 Å². The van der Waals surface area contributed by atoms with Crippen molar-refractivity contribution >= 4 is 28.5 Å². The van der Waals surface area contributed by atoms with E-state index in [0.717, 1.165) is 16.7 Å². The van der Waals surface area contributed by atoms with Gasteiger partial charge in [-0.15, -0.1) is 0 Å². The van der Waals surface area contributed by atoms with Crippen molar-refractivity contribution in [1.29, 1.82) is 0 Å². The van der Waals surface area contributed by atoms with E-state index in [1.54, 1.807) is 30.3 Å². The molecule has 0 N–H and O–H groups in total. The summed E-state index contributed by atoms with van der Waals surface area (Å²) in [7, 11) is 0. The molecule has 3 aromatic carbocycles. The Labute approximate surface area is 190 Å². The van der Waals surface area contributed by atoms with Gasteiger partial charge in [0, 0.05) is 10.6 Å². The molecule has 4 rings (SSSR count). The molecule has 0 unspecified atom stereocenters. The first-order chi connectivity index (χ1) is 15.3. The van der Waals surface area contributed by atoms with E-state index in [9.17, 15) is 9.59 Å². The maximum absolute atomic E-state index is 13.4. The molecular weight excluding hydrogens is 428 g/mol. The van der Waals surface area contributed by atoms with Gasteiger partial charge in [-0.2, -0.15) is 0 Å². The Morgan fingerprint density at radius 2 is 1.62 bits per heavy atom. The molecule has 1 heterocycles. The van der Waals surface area contributed by atoms with Crippen molar-refractivity contribution in [1.82, 2.24) is 0 Å². The van der Waals surface area contributed by atoms with Crippen LogP contribution in [0.3, 0.4) is 0 Å². The SMILES string of the molecule is Cc1ccc(-c2oc3cc(C)cc(C)c3c(=O)c2OC(=O)COc2ccc(Cl)cc2)cc1. The zero-order valence-corrected chi connectivity index (χ0v) is 18.7. The van der Waals surface area contributed by atoms with Gasteiger partial charge in [-0.25, -0.2) is 4.79 Å². The number of hydrogen-bond acceptors (Lipinski definition) is 5. The molecule has 0 saturated heterocycles. The first kappa shape index (κ1) is 21.7.